The predicted molar refractivity (Wildman–Crippen MR) is 86.0 cm³/mol. The van der Waals surface area contributed by atoms with Crippen LogP contribution in [0.2, 0.25) is 0 Å². The van der Waals surface area contributed by atoms with E-state index in [-0.39, 0.29) is 12.1 Å². The molecule has 1 aliphatic heterocycles. The second kappa shape index (κ2) is 6.57. The number of hydrogen-bond donors (Lipinski definition) is 1. The van der Waals surface area contributed by atoms with Crippen LogP contribution in [0.15, 0.2) is 48.5 Å². The molecule has 1 atom stereocenters. The van der Waals surface area contributed by atoms with Gasteiger partial charge in [-0.1, -0.05) is 24.3 Å². The number of alkyl halides is 3. The fourth-order valence-corrected chi connectivity index (χ4v) is 2.84. The molecular formula is C18H14F4N2O3. The third-order valence-corrected chi connectivity index (χ3v) is 4.17. The molecule has 142 valence electrons. The molecule has 1 unspecified atom stereocenters. The lowest BCUT2D eigenvalue weighted by Crippen LogP contribution is -2.40. The highest BCUT2D eigenvalue weighted by Gasteiger charge is 2.49. The average Bonchev–Trinajstić information content (AvgIpc) is 2.78. The van der Waals surface area contributed by atoms with Crippen molar-refractivity contribution in [3.8, 4) is 5.75 Å². The van der Waals surface area contributed by atoms with Gasteiger partial charge in [0.1, 0.15) is 17.1 Å². The van der Waals surface area contributed by atoms with E-state index in [9.17, 15) is 27.2 Å². The Bertz CT molecular complexity index is 883. The molecule has 0 spiro atoms. The van der Waals surface area contributed by atoms with Gasteiger partial charge in [-0.15, -0.1) is 13.2 Å². The molecular weight excluding hydrogens is 368 g/mol. The lowest BCUT2D eigenvalue weighted by Gasteiger charge is -2.22. The Kier molecular flexibility index (Phi) is 4.54. The van der Waals surface area contributed by atoms with Crippen molar-refractivity contribution >= 4 is 11.9 Å². The molecule has 2 aromatic rings. The molecule has 0 aliphatic carbocycles. The molecule has 3 rings (SSSR count). The van der Waals surface area contributed by atoms with Crippen molar-refractivity contribution in [3.05, 3.63) is 65.5 Å². The third kappa shape index (κ3) is 3.86. The van der Waals surface area contributed by atoms with Crippen LogP contribution in [0.5, 0.6) is 5.75 Å². The van der Waals surface area contributed by atoms with Gasteiger partial charge in [-0.2, -0.15) is 0 Å². The average molecular weight is 382 g/mol. The Morgan fingerprint density at radius 2 is 1.78 bits per heavy atom. The van der Waals surface area contributed by atoms with Crippen LogP contribution in [0.4, 0.5) is 22.4 Å². The summed E-state index contributed by atoms with van der Waals surface area (Å²) in [6.45, 7) is 1.31. The van der Waals surface area contributed by atoms with Crippen LogP contribution in [-0.2, 0) is 16.9 Å². The normalized spacial score (nSPS) is 20.0. The zero-order chi connectivity index (χ0) is 19.8. The molecule has 27 heavy (non-hydrogen) atoms. The van der Waals surface area contributed by atoms with Crippen LogP contribution >= 0.6 is 0 Å². The van der Waals surface area contributed by atoms with Crippen molar-refractivity contribution in [2.75, 3.05) is 0 Å². The number of ether oxygens (including phenoxy) is 1. The lowest BCUT2D eigenvalue weighted by molar-refractivity contribution is -0.274. The molecule has 1 saturated heterocycles. The second-order valence-corrected chi connectivity index (χ2v) is 6.15. The van der Waals surface area contributed by atoms with Gasteiger partial charge in [-0.3, -0.25) is 9.69 Å². The van der Waals surface area contributed by atoms with E-state index < -0.39 is 35.4 Å². The van der Waals surface area contributed by atoms with Crippen molar-refractivity contribution in [2.24, 2.45) is 0 Å². The maximum absolute atomic E-state index is 13.3. The van der Waals surface area contributed by atoms with E-state index in [0.717, 1.165) is 17.0 Å². The fourth-order valence-electron chi connectivity index (χ4n) is 2.84. The van der Waals surface area contributed by atoms with E-state index in [1.807, 2.05) is 0 Å². The number of rotatable bonds is 4. The van der Waals surface area contributed by atoms with Crippen molar-refractivity contribution in [1.29, 1.82) is 0 Å². The van der Waals surface area contributed by atoms with Gasteiger partial charge < -0.3 is 10.1 Å². The lowest BCUT2D eigenvalue weighted by atomic mass is 9.92. The van der Waals surface area contributed by atoms with E-state index in [1.54, 1.807) is 6.07 Å². The van der Waals surface area contributed by atoms with Crippen LogP contribution in [0.25, 0.3) is 0 Å². The van der Waals surface area contributed by atoms with Crippen LogP contribution < -0.4 is 10.1 Å². The SMILES string of the molecule is CC1(c2ccc(OC(F)(F)F)cc2)NC(=O)N(Cc2cccc(F)c2)C1=O. The molecule has 0 bridgehead atoms. The number of amides is 3. The first-order valence-electron chi connectivity index (χ1n) is 7.83. The number of benzene rings is 2. The van der Waals surface area contributed by atoms with E-state index >= 15 is 0 Å². The Balaban J connectivity index is 1.82. The number of nitrogens with one attached hydrogen (secondary N) is 1. The van der Waals surface area contributed by atoms with E-state index in [0.29, 0.717) is 5.56 Å². The van der Waals surface area contributed by atoms with Crippen molar-refractivity contribution < 1.29 is 31.9 Å². The second-order valence-electron chi connectivity index (χ2n) is 6.15. The minimum Gasteiger partial charge on any atom is -0.406 e. The predicted octanol–water partition coefficient (Wildman–Crippen LogP) is 3.69. The summed E-state index contributed by atoms with van der Waals surface area (Å²) in [5.74, 6) is -1.54. The summed E-state index contributed by atoms with van der Waals surface area (Å²) >= 11 is 0. The van der Waals surface area contributed by atoms with Crippen LogP contribution in [0.1, 0.15) is 18.1 Å². The molecule has 0 aromatic heterocycles. The molecule has 5 nitrogen and oxygen atoms in total. The number of halogens is 4. The maximum atomic E-state index is 13.3. The summed E-state index contributed by atoms with van der Waals surface area (Å²) in [7, 11) is 0. The molecule has 0 saturated carbocycles. The van der Waals surface area contributed by atoms with Gasteiger partial charge >= 0.3 is 12.4 Å². The summed E-state index contributed by atoms with van der Waals surface area (Å²) in [6, 6.07) is 9.46. The van der Waals surface area contributed by atoms with Crippen molar-refractivity contribution in [2.45, 2.75) is 25.4 Å². The molecule has 1 fully saturated rings. The van der Waals surface area contributed by atoms with Crippen LogP contribution in [-0.4, -0.2) is 23.2 Å². The summed E-state index contributed by atoms with van der Waals surface area (Å²) in [4.78, 5) is 25.9. The fraction of sp³-hybridized carbons (Fsp3) is 0.222. The highest BCUT2D eigenvalue weighted by Crippen LogP contribution is 2.32. The number of carbonyl (C=O) groups excluding carboxylic acids is 2. The van der Waals surface area contributed by atoms with Crippen LogP contribution in [0, 0.1) is 5.82 Å². The van der Waals surface area contributed by atoms with Gasteiger partial charge in [0.25, 0.3) is 5.91 Å². The molecule has 3 amide bonds. The molecule has 1 aliphatic rings. The number of carbonyl (C=O) groups is 2. The Morgan fingerprint density at radius 1 is 1.11 bits per heavy atom. The largest absolute Gasteiger partial charge is 0.573 e. The summed E-state index contributed by atoms with van der Waals surface area (Å²) in [5.41, 5.74) is -0.741. The van der Waals surface area contributed by atoms with Gasteiger partial charge in [0, 0.05) is 0 Å². The third-order valence-electron chi connectivity index (χ3n) is 4.17. The first-order valence-corrected chi connectivity index (χ1v) is 7.83. The van der Waals surface area contributed by atoms with Crippen molar-refractivity contribution in [3.63, 3.8) is 0 Å². The van der Waals surface area contributed by atoms with Gasteiger partial charge in [0.05, 0.1) is 6.54 Å². The topological polar surface area (TPSA) is 58.6 Å². The smallest absolute Gasteiger partial charge is 0.406 e. The number of imide groups is 1. The quantitative estimate of drug-likeness (QED) is 0.648. The first kappa shape index (κ1) is 18.7. The Labute approximate surface area is 151 Å². The van der Waals surface area contributed by atoms with Crippen molar-refractivity contribution in [1.82, 2.24) is 10.2 Å². The Hall–Kier alpha value is -3.10. The van der Waals surface area contributed by atoms with Crippen LogP contribution in [0.3, 0.4) is 0 Å². The maximum Gasteiger partial charge on any atom is 0.573 e. The summed E-state index contributed by atoms with van der Waals surface area (Å²) in [6.07, 6.45) is -4.83. The van der Waals surface area contributed by atoms with E-state index in [4.69, 9.17) is 0 Å². The minimum atomic E-state index is -4.83. The zero-order valence-corrected chi connectivity index (χ0v) is 14.0. The highest BCUT2D eigenvalue weighted by atomic mass is 19.4. The zero-order valence-electron chi connectivity index (χ0n) is 14.0. The Morgan fingerprint density at radius 3 is 2.37 bits per heavy atom. The number of hydrogen-bond acceptors (Lipinski definition) is 3. The monoisotopic (exact) mass is 382 g/mol. The molecule has 2 aromatic carbocycles. The number of nitrogens with zero attached hydrogens (tertiary/aromatic N) is 1. The first-order chi connectivity index (χ1) is 12.6. The molecule has 1 heterocycles. The van der Waals surface area contributed by atoms with E-state index in [1.165, 1.54) is 37.3 Å². The standard InChI is InChI=1S/C18H14F4N2O3/c1-17(12-5-7-14(8-6-12)27-18(20,21)22)15(25)24(16(26)23-17)10-11-3-2-4-13(19)9-11/h2-9H,10H2,1H3,(H,23,26). The summed E-state index contributed by atoms with van der Waals surface area (Å²) < 4.78 is 53.9. The van der Waals surface area contributed by atoms with E-state index in [2.05, 4.69) is 10.1 Å². The number of urea groups is 1. The van der Waals surface area contributed by atoms with Gasteiger partial charge in [-0.25, -0.2) is 9.18 Å². The van der Waals surface area contributed by atoms with Gasteiger partial charge in [0.15, 0.2) is 0 Å². The highest BCUT2D eigenvalue weighted by molar-refractivity contribution is 6.07. The van der Waals surface area contributed by atoms with Gasteiger partial charge in [-0.05, 0) is 42.3 Å². The van der Waals surface area contributed by atoms with Gasteiger partial charge in [0.2, 0.25) is 0 Å². The molecule has 1 N–H and O–H groups in total. The molecule has 9 heteroatoms. The molecule has 0 radical (unpaired) electrons. The summed E-state index contributed by atoms with van der Waals surface area (Å²) in [5, 5.41) is 2.53. The minimum absolute atomic E-state index is 0.132.